The number of carbonyl (C=O) groups is 2. The maximum atomic E-state index is 14.4. The molecule has 162 valence electrons. The van der Waals surface area contributed by atoms with Crippen LogP contribution in [-0.2, 0) is 16.2 Å². The lowest BCUT2D eigenvalue weighted by atomic mass is 10.0. The number of fused-ring (bicyclic) bond motifs is 2. The number of benzene rings is 3. The van der Waals surface area contributed by atoms with E-state index in [2.05, 4.69) is 0 Å². The van der Waals surface area contributed by atoms with Gasteiger partial charge in [-0.15, -0.1) is 11.8 Å². The van der Waals surface area contributed by atoms with E-state index in [-0.39, 0.29) is 24.2 Å². The lowest BCUT2D eigenvalue weighted by Crippen LogP contribution is -2.50. The molecule has 1 fully saturated rings. The highest BCUT2D eigenvalue weighted by Gasteiger charge is 2.59. The summed E-state index contributed by atoms with van der Waals surface area (Å²) in [7, 11) is 0. The van der Waals surface area contributed by atoms with Crippen LogP contribution in [0.1, 0.15) is 27.0 Å². The van der Waals surface area contributed by atoms with Crippen molar-refractivity contribution < 1.29 is 18.4 Å². The van der Waals surface area contributed by atoms with E-state index in [0.29, 0.717) is 29.1 Å². The molecule has 1 saturated heterocycles. The second-order valence-corrected chi connectivity index (χ2v) is 9.25. The molecule has 0 N–H and O–H groups in total. The zero-order valence-corrected chi connectivity index (χ0v) is 18.2. The van der Waals surface area contributed by atoms with E-state index in [1.807, 2.05) is 25.1 Å². The number of rotatable bonds is 3. The molecule has 0 saturated carbocycles. The predicted octanol–water partition coefficient (Wildman–Crippen LogP) is 4.86. The van der Waals surface area contributed by atoms with Crippen molar-refractivity contribution in [1.82, 2.24) is 4.90 Å². The van der Waals surface area contributed by atoms with Crippen molar-refractivity contribution in [3.05, 3.63) is 101 Å². The van der Waals surface area contributed by atoms with Crippen LogP contribution in [0, 0.1) is 18.6 Å². The second kappa shape index (κ2) is 7.74. The number of thioether (sulfide) groups is 1. The van der Waals surface area contributed by atoms with Gasteiger partial charge in [0.1, 0.15) is 11.6 Å². The Bertz CT molecular complexity index is 1230. The van der Waals surface area contributed by atoms with Crippen LogP contribution in [0.15, 0.2) is 66.7 Å². The summed E-state index contributed by atoms with van der Waals surface area (Å²) in [4.78, 5) is 29.3. The minimum absolute atomic E-state index is 0.0719. The van der Waals surface area contributed by atoms with Crippen LogP contribution in [0.3, 0.4) is 0 Å². The SMILES string of the molecule is Cc1ccc2c(c1)[C@]1(SCCN1C(=O)c1ccc(F)cc1)C(=O)N2Cc1ccccc1F. The van der Waals surface area contributed by atoms with E-state index in [9.17, 15) is 18.4 Å². The molecule has 3 aromatic carbocycles. The van der Waals surface area contributed by atoms with E-state index >= 15 is 0 Å². The first kappa shape index (κ1) is 20.7. The Morgan fingerprint density at radius 3 is 2.56 bits per heavy atom. The molecule has 2 heterocycles. The van der Waals surface area contributed by atoms with Crippen molar-refractivity contribution in [3.63, 3.8) is 0 Å². The molecule has 2 amide bonds. The Morgan fingerprint density at radius 1 is 1.06 bits per heavy atom. The standard InChI is InChI=1S/C25H20F2N2O2S/c1-16-6-11-22-20(14-16)25(24(31)28(22)15-18-4-2-3-5-21(18)27)29(12-13-32-25)23(30)17-7-9-19(26)10-8-17/h2-11,14H,12-13,15H2,1H3/t25-/m0/s1. The molecule has 0 aromatic heterocycles. The molecule has 4 nitrogen and oxygen atoms in total. The number of nitrogens with zero attached hydrogens (tertiary/aromatic N) is 2. The number of anilines is 1. The molecule has 0 bridgehead atoms. The molecule has 7 heteroatoms. The maximum Gasteiger partial charge on any atom is 0.268 e. The largest absolute Gasteiger partial charge is 0.311 e. The van der Waals surface area contributed by atoms with Crippen molar-refractivity contribution >= 4 is 29.3 Å². The first-order chi connectivity index (χ1) is 15.4. The molecule has 2 aliphatic rings. The molecule has 3 aromatic rings. The Kier molecular flexibility index (Phi) is 5.01. The van der Waals surface area contributed by atoms with Gasteiger partial charge in [0, 0.05) is 29.0 Å². The number of aryl methyl sites for hydroxylation is 1. The van der Waals surface area contributed by atoms with Crippen LogP contribution in [0.4, 0.5) is 14.5 Å². The van der Waals surface area contributed by atoms with Gasteiger partial charge in [0.2, 0.25) is 0 Å². The average Bonchev–Trinajstić information content (AvgIpc) is 3.32. The van der Waals surface area contributed by atoms with Crippen molar-refractivity contribution in [2.45, 2.75) is 18.3 Å². The lowest BCUT2D eigenvalue weighted by molar-refractivity contribution is -0.123. The van der Waals surface area contributed by atoms with E-state index < -0.39 is 10.7 Å². The fraction of sp³-hybridized carbons (Fsp3) is 0.200. The number of amides is 2. The molecule has 1 atom stereocenters. The summed E-state index contributed by atoms with van der Waals surface area (Å²) in [6.45, 7) is 2.39. The zero-order valence-electron chi connectivity index (χ0n) is 17.3. The van der Waals surface area contributed by atoms with Crippen LogP contribution in [-0.4, -0.2) is 29.0 Å². The van der Waals surface area contributed by atoms with Gasteiger partial charge in [-0.1, -0.05) is 35.9 Å². The Balaban J connectivity index is 1.60. The number of carbonyl (C=O) groups excluding carboxylic acids is 2. The van der Waals surface area contributed by atoms with Gasteiger partial charge in [0.05, 0.1) is 12.2 Å². The number of hydrogen-bond donors (Lipinski definition) is 0. The summed E-state index contributed by atoms with van der Waals surface area (Å²) >= 11 is 1.41. The van der Waals surface area contributed by atoms with Crippen molar-refractivity contribution in [1.29, 1.82) is 0 Å². The highest BCUT2D eigenvalue weighted by atomic mass is 32.2. The summed E-state index contributed by atoms with van der Waals surface area (Å²) in [5, 5.41) is 0. The van der Waals surface area contributed by atoms with Crippen LogP contribution < -0.4 is 4.90 Å². The third-order valence-electron chi connectivity index (χ3n) is 5.97. The molecule has 5 rings (SSSR count). The molecule has 0 radical (unpaired) electrons. The molecular weight excluding hydrogens is 430 g/mol. The third kappa shape index (κ3) is 3.11. The lowest BCUT2D eigenvalue weighted by Gasteiger charge is -2.33. The van der Waals surface area contributed by atoms with Gasteiger partial charge in [0.15, 0.2) is 4.87 Å². The molecular formula is C25H20F2N2O2S. The van der Waals surface area contributed by atoms with Gasteiger partial charge in [-0.25, -0.2) is 8.78 Å². The average molecular weight is 451 g/mol. The van der Waals surface area contributed by atoms with Crippen molar-refractivity contribution in [2.75, 3.05) is 17.2 Å². The van der Waals surface area contributed by atoms with E-state index in [1.165, 1.54) is 42.1 Å². The summed E-state index contributed by atoms with van der Waals surface area (Å²) in [5.41, 5.74) is 3.10. The van der Waals surface area contributed by atoms with Gasteiger partial charge in [-0.3, -0.25) is 9.59 Å². The van der Waals surface area contributed by atoms with E-state index in [0.717, 1.165) is 11.1 Å². The molecule has 0 aliphatic carbocycles. The van der Waals surface area contributed by atoms with Crippen LogP contribution in [0.25, 0.3) is 0 Å². The maximum absolute atomic E-state index is 14.4. The fourth-order valence-corrected chi connectivity index (χ4v) is 5.88. The monoisotopic (exact) mass is 450 g/mol. The molecule has 0 unspecified atom stereocenters. The minimum Gasteiger partial charge on any atom is -0.311 e. The summed E-state index contributed by atoms with van der Waals surface area (Å²) < 4.78 is 27.8. The first-order valence-corrected chi connectivity index (χ1v) is 11.3. The highest BCUT2D eigenvalue weighted by molar-refractivity contribution is 8.01. The van der Waals surface area contributed by atoms with Gasteiger partial charge in [0.25, 0.3) is 11.8 Å². The normalized spacial score (nSPS) is 19.7. The molecule has 2 aliphatic heterocycles. The van der Waals surface area contributed by atoms with Crippen molar-refractivity contribution in [2.24, 2.45) is 0 Å². The van der Waals surface area contributed by atoms with E-state index in [1.54, 1.807) is 28.0 Å². The highest BCUT2D eigenvalue weighted by Crippen LogP contribution is 2.55. The third-order valence-corrected chi connectivity index (χ3v) is 7.39. The van der Waals surface area contributed by atoms with Crippen LogP contribution >= 0.6 is 11.8 Å². The van der Waals surface area contributed by atoms with Gasteiger partial charge < -0.3 is 9.80 Å². The minimum atomic E-state index is -1.22. The summed E-state index contributed by atoms with van der Waals surface area (Å²) in [5.74, 6) is -0.823. The Labute approximate surface area is 188 Å². The molecule has 1 spiro atoms. The number of halogens is 2. The first-order valence-electron chi connectivity index (χ1n) is 10.3. The van der Waals surface area contributed by atoms with Gasteiger partial charge in [-0.2, -0.15) is 0 Å². The zero-order chi connectivity index (χ0) is 22.5. The van der Waals surface area contributed by atoms with Crippen molar-refractivity contribution in [3.8, 4) is 0 Å². The number of hydrogen-bond acceptors (Lipinski definition) is 3. The predicted molar refractivity (Wildman–Crippen MR) is 120 cm³/mol. The summed E-state index contributed by atoms with van der Waals surface area (Å²) in [6, 6.07) is 17.4. The summed E-state index contributed by atoms with van der Waals surface area (Å²) in [6.07, 6.45) is 0. The fourth-order valence-electron chi connectivity index (χ4n) is 4.43. The second-order valence-electron chi connectivity index (χ2n) is 7.96. The molecule has 32 heavy (non-hydrogen) atoms. The smallest absolute Gasteiger partial charge is 0.268 e. The quantitative estimate of drug-likeness (QED) is 0.572. The van der Waals surface area contributed by atoms with E-state index in [4.69, 9.17) is 0 Å². The van der Waals surface area contributed by atoms with Crippen LogP contribution in [0.2, 0.25) is 0 Å². The van der Waals surface area contributed by atoms with Gasteiger partial charge >= 0.3 is 0 Å². The Morgan fingerprint density at radius 2 is 1.81 bits per heavy atom. The Hall–Kier alpha value is -3.19. The van der Waals surface area contributed by atoms with Crippen LogP contribution in [0.5, 0.6) is 0 Å². The van der Waals surface area contributed by atoms with Gasteiger partial charge in [-0.05, 0) is 43.3 Å². The topological polar surface area (TPSA) is 40.6 Å².